The first-order valence-corrected chi connectivity index (χ1v) is 2.07. The summed E-state index contributed by atoms with van der Waals surface area (Å²) in [7, 11) is 3.61. The quantitative estimate of drug-likeness (QED) is 0.377. The van der Waals surface area contributed by atoms with E-state index in [0.717, 1.165) is 10.8 Å². The van der Waals surface area contributed by atoms with Gasteiger partial charge in [0.1, 0.15) is 0 Å². The van der Waals surface area contributed by atoms with Gasteiger partial charge < -0.3 is 0 Å². The second kappa shape index (κ2) is 1.42. The third-order valence-corrected chi connectivity index (χ3v) is 0.883. The minimum absolute atomic E-state index is 0.778. The highest BCUT2D eigenvalue weighted by atomic mass is 15.5. The van der Waals surface area contributed by atoms with Crippen molar-refractivity contribution in [2.45, 2.75) is 6.92 Å². The molecule has 3 nitrogen and oxygen atoms in total. The van der Waals surface area contributed by atoms with Crippen LogP contribution in [0.5, 0.6) is 0 Å². The van der Waals surface area contributed by atoms with Gasteiger partial charge >= 0.3 is 0 Å². The Labute approximate surface area is 42.3 Å². The van der Waals surface area contributed by atoms with Crippen LogP contribution >= 0.6 is 0 Å². The van der Waals surface area contributed by atoms with Crippen LogP contribution in [0.25, 0.3) is 0 Å². The number of rotatable bonds is 0. The van der Waals surface area contributed by atoms with Crippen LogP contribution in [0.3, 0.4) is 0 Å². The maximum absolute atomic E-state index is 3.84. The maximum Gasteiger partial charge on any atom is 0.198 e. The van der Waals surface area contributed by atoms with Gasteiger partial charge in [0.15, 0.2) is 12.2 Å². The fourth-order valence-corrected chi connectivity index (χ4v) is 0.353. The molecule has 0 amide bonds. The van der Waals surface area contributed by atoms with Crippen molar-refractivity contribution in [3.63, 3.8) is 0 Å². The van der Waals surface area contributed by atoms with Crippen LogP contribution in [0.15, 0.2) is 10.1 Å². The fourth-order valence-electron chi connectivity index (χ4n) is 0.353. The Balaban J connectivity index is 2.69. The van der Waals surface area contributed by atoms with Crippen LogP contribution in [0.2, 0.25) is 0 Å². The van der Waals surface area contributed by atoms with Crippen molar-refractivity contribution in [3.05, 3.63) is 7.05 Å². The molecule has 0 aromatic rings. The zero-order valence-electron chi connectivity index (χ0n) is 4.18. The van der Waals surface area contributed by atoms with Crippen molar-refractivity contribution in [2.75, 3.05) is 0 Å². The van der Waals surface area contributed by atoms with Gasteiger partial charge in [0.05, 0.1) is 0 Å². The van der Waals surface area contributed by atoms with Crippen molar-refractivity contribution in [2.24, 2.45) is 10.1 Å². The first-order chi connectivity index (χ1) is 3.30. The van der Waals surface area contributed by atoms with E-state index in [1.54, 1.807) is 0 Å². The Morgan fingerprint density at radius 3 is 2.71 bits per heavy atom. The highest BCUT2D eigenvalue weighted by molar-refractivity contribution is 5.82. The normalized spacial score (nSPS) is 28.3. The van der Waals surface area contributed by atoms with E-state index < -0.39 is 0 Å². The van der Waals surface area contributed by atoms with Crippen LogP contribution in [0, 0.1) is 7.05 Å². The van der Waals surface area contributed by atoms with E-state index in [-0.39, 0.29) is 0 Å². The molecule has 0 fully saturated rings. The van der Waals surface area contributed by atoms with Gasteiger partial charge in [-0.25, -0.2) is 0 Å². The Hall–Kier alpha value is -0.700. The lowest BCUT2D eigenvalue weighted by Crippen LogP contribution is -3.03. The summed E-state index contributed by atoms with van der Waals surface area (Å²) in [6.07, 6.45) is 1.51. The summed E-state index contributed by atoms with van der Waals surface area (Å²) < 4.78 is 0. The number of hydrogen-bond acceptors (Lipinski definition) is 2. The highest BCUT2D eigenvalue weighted by Crippen LogP contribution is 1.68. The Morgan fingerprint density at radius 2 is 2.57 bits per heavy atom. The van der Waals surface area contributed by atoms with Crippen molar-refractivity contribution < 1.29 is 5.01 Å². The molecule has 0 spiro atoms. The number of nitrogens with one attached hydrogen (secondary N) is 1. The van der Waals surface area contributed by atoms with Gasteiger partial charge in [-0.1, -0.05) is 5.10 Å². The number of nitrogens with zero attached hydrogens (tertiary/aromatic N) is 2. The molecule has 1 rings (SSSR count). The lowest BCUT2D eigenvalue weighted by molar-refractivity contribution is -0.758. The Bertz CT molecular complexity index is 125. The number of hydrogen-bond donors (Lipinski definition) is 1. The van der Waals surface area contributed by atoms with Crippen molar-refractivity contribution in [3.8, 4) is 0 Å². The molecule has 0 saturated heterocycles. The minimum atomic E-state index is 0.778. The molecule has 1 atom stereocenters. The minimum Gasteiger partial charge on any atom is -0.293 e. The van der Waals surface area contributed by atoms with Crippen molar-refractivity contribution in [1.82, 2.24) is 0 Å². The van der Waals surface area contributed by atoms with Gasteiger partial charge in [0.2, 0.25) is 0 Å². The van der Waals surface area contributed by atoms with Crippen LogP contribution in [-0.4, -0.2) is 12.2 Å². The van der Waals surface area contributed by atoms with Crippen LogP contribution < -0.4 is 5.01 Å². The highest BCUT2D eigenvalue weighted by Gasteiger charge is 2.00. The summed E-state index contributed by atoms with van der Waals surface area (Å²) in [5, 5.41) is 4.57. The van der Waals surface area contributed by atoms with Gasteiger partial charge in [-0.15, -0.1) is 7.05 Å². The van der Waals surface area contributed by atoms with E-state index in [2.05, 4.69) is 17.1 Å². The van der Waals surface area contributed by atoms with Gasteiger partial charge in [-0.05, 0) is 0 Å². The molecule has 3 heteroatoms. The molecule has 1 aliphatic rings. The predicted octanol–water partition coefficient (Wildman–Crippen LogP) is -0.962. The maximum atomic E-state index is 3.84. The lowest BCUT2D eigenvalue weighted by atomic mass is 10.7. The summed E-state index contributed by atoms with van der Waals surface area (Å²) >= 11 is 0. The first kappa shape index (κ1) is 4.46. The third-order valence-electron chi connectivity index (χ3n) is 0.883. The smallest absolute Gasteiger partial charge is 0.198 e. The molecule has 0 bridgehead atoms. The molecular weight excluding hydrogens is 90.1 g/mol. The molecule has 0 aromatic heterocycles. The molecular formula is C4H7N3. The Kier molecular flexibility index (Phi) is 0.906. The van der Waals surface area contributed by atoms with Gasteiger partial charge in [-0.2, -0.15) is 4.99 Å². The molecule has 0 aliphatic carbocycles. The van der Waals surface area contributed by atoms with Crippen LogP contribution in [0.1, 0.15) is 6.92 Å². The van der Waals surface area contributed by atoms with E-state index >= 15 is 0 Å². The standard InChI is InChI=1S/C4H7N3/c1-4-5-3-6-7(4)2/h3,7H,2H2,1H3. The number of amidine groups is 1. The van der Waals surface area contributed by atoms with Crippen molar-refractivity contribution in [1.29, 1.82) is 0 Å². The van der Waals surface area contributed by atoms with E-state index in [4.69, 9.17) is 0 Å². The summed E-state index contributed by atoms with van der Waals surface area (Å²) in [4.78, 5) is 3.84. The Morgan fingerprint density at radius 1 is 1.86 bits per heavy atom. The summed E-state index contributed by atoms with van der Waals surface area (Å²) in [6, 6.07) is 0. The SMILES string of the molecule is [CH2-][NH+]1N=CN=C1C. The van der Waals surface area contributed by atoms with E-state index in [9.17, 15) is 0 Å². The largest absolute Gasteiger partial charge is 0.293 e. The predicted molar refractivity (Wildman–Crippen MR) is 27.9 cm³/mol. The average molecular weight is 97.1 g/mol. The van der Waals surface area contributed by atoms with E-state index in [1.165, 1.54) is 6.34 Å². The molecule has 1 aliphatic heterocycles. The van der Waals surface area contributed by atoms with E-state index in [0.29, 0.717) is 0 Å². The zero-order valence-corrected chi connectivity index (χ0v) is 4.18. The molecule has 7 heavy (non-hydrogen) atoms. The molecule has 38 valence electrons. The second-order valence-electron chi connectivity index (χ2n) is 1.41. The first-order valence-electron chi connectivity index (χ1n) is 2.07. The van der Waals surface area contributed by atoms with E-state index in [1.807, 2.05) is 6.92 Å². The number of aliphatic imine (C=N–C) groups is 1. The van der Waals surface area contributed by atoms with Gasteiger partial charge in [-0.3, -0.25) is 5.01 Å². The molecule has 1 heterocycles. The fraction of sp³-hybridized carbons (Fsp3) is 0.250. The van der Waals surface area contributed by atoms with Gasteiger partial charge in [0.25, 0.3) is 0 Å². The second-order valence-corrected chi connectivity index (χ2v) is 1.41. The lowest BCUT2D eigenvalue weighted by Gasteiger charge is -2.02. The molecule has 1 N–H and O–H groups in total. The molecule has 0 saturated carbocycles. The van der Waals surface area contributed by atoms with Crippen LogP contribution in [-0.2, 0) is 0 Å². The molecule has 0 radical (unpaired) electrons. The topological polar surface area (TPSA) is 29.2 Å². The third kappa shape index (κ3) is 0.667. The molecule has 1 unspecified atom stereocenters. The monoisotopic (exact) mass is 97.1 g/mol. The molecule has 0 aromatic carbocycles. The van der Waals surface area contributed by atoms with Crippen molar-refractivity contribution >= 4 is 12.2 Å². The number of quaternary nitrogens is 1. The summed E-state index contributed by atoms with van der Waals surface area (Å²) in [5.41, 5.74) is 0. The average Bonchev–Trinajstić information content (AvgIpc) is 1.91. The summed E-state index contributed by atoms with van der Waals surface area (Å²) in [6.45, 7) is 1.88. The summed E-state index contributed by atoms with van der Waals surface area (Å²) in [5.74, 6) is 0.917. The zero-order chi connectivity index (χ0) is 5.28. The van der Waals surface area contributed by atoms with Gasteiger partial charge in [0, 0.05) is 6.92 Å². The van der Waals surface area contributed by atoms with Crippen LogP contribution in [0.4, 0.5) is 0 Å².